The highest BCUT2D eigenvalue weighted by atomic mass is 35.5. The standard InChI is InChI=1S/C19H22ClN5O2/c1-2-3-7-19(23-24-19)8-10-22-17(26)14-5-11-25(12-6-14)18(27)15-4-9-21-13-16(15)20/h1,4,9,13-14H,3,5-8,10-12H2,(H,22,26). The van der Waals surface area contributed by atoms with Gasteiger partial charge in [-0.3, -0.25) is 14.6 Å². The Morgan fingerprint density at radius 2 is 2.07 bits per heavy atom. The number of likely N-dealkylation sites (tertiary alicyclic amines) is 1. The topological polar surface area (TPSA) is 87.0 Å². The molecule has 0 aromatic carbocycles. The monoisotopic (exact) mass is 387 g/mol. The maximum atomic E-state index is 12.6. The second-order valence-corrected chi connectivity index (χ2v) is 7.26. The average molecular weight is 388 g/mol. The summed E-state index contributed by atoms with van der Waals surface area (Å²) in [6, 6.07) is 1.62. The minimum atomic E-state index is -0.376. The van der Waals surface area contributed by atoms with E-state index in [1.54, 1.807) is 17.2 Å². The molecule has 1 N–H and O–H groups in total. The first-order valence-corrected chi connectivity index (χ1v) is 9.46. The van der Waals surface area contributed by atoms with E-state index in [0.29, 0.717) is 55.9 Å². The normalized spacial score (nSPS) is 18.0. The van der Waals surface area contributed by atoms with E-state index < -0.39 is 0 Å². The summed E-state index contributed by atoms with van der Waals surface area (Å²) in [5, 5.41) is 11.4. The number of rotatable bonds is 7. The van der Waals surface area contributed by atoms with Crippen LogP contribution in [0.3, 0.4) is 0 Å². The van der Waals surface area contributed by atoms with Gasteiger partial charge in [-0.15, -0.1) is 12.3 Å². The third-order valence-electron chi connectivity index (χ3n) is 5.03. The number of hydrogen-bond donors (Lipinski definition) is 1. The van der Waals surface area contributed by atoms with Crippen molar-refractivity contribution in [3.8, 4) is 12.3 Å². The van der Waals surface area contributed by atoms with Gasteiger partial charge in [0.05, 0.1) is 10.6 Å². The van der Waals surface area contributed by atoms with Gasteiger partial charge in [-0.05, 0) is 18.9 Å². The summed E-state index contributed by atoms with van der Waals surface area (Å²) in [6.07, 6.45) is 11.6. The van der Waals surface area contributed by atoms with E-state index in [2.05, 4.69) is 26.4 Å². The van der Waals surface area contributed by atoms with Gasteiger partial charge in [-0.25, -0.2) is 0 Å². The lowest BCUT2D eigenvalue weighted by Crippen LogP contribution is -2.43. The number of nitrogens with zero attached hydrogens (tertiary/aromatic N) is 4. The van der Waals surface area contributed by atoms with Gasteiger partial charge in [-0.2, -0.15) is 10.2 Å². The van der Waals surface area contributed by atoms with Crippen LogP contribution in [0.4, 0.5) is 0 Å². The minimum absolute atomic E-state index is 0.0248. The van der Waals surface area contributed by atoms with E-state index in [1.807, 2.05) is 0 Å². The molecule has 0 bridgehead atoms. The summed E-state index contributed by atoms with van der Waals surface area (Å²) >= 11 is 6.05. The molecule has 1 aromatic heterocycles. The van der Waals surface area contributed by atoms with Gasteiger partial charge >= 0.3 is 0 Å². The van der Waals surface area contributed by atoms with Crippen molar-refractivity contribution in [1.29, 1.82) is 0 Å². The summed E-state index contributed by atoms with van der Waals surface area (Å²) in [7, 11) is 0. The molecule has 0 aliphatic carbocycles. The van der Waals surface area contributed by atoms with E-state index in [0.717, 1.165) is 6.42 Å². The fourth-order valence-electron chi connectivity index (χ4n) is 3.26. The second kappa shape index (κ2) is 8.49. The molecule has 3 rings (SSSR count). The van der Waals surface area contributed by atoms with Crippen molar-refractivity contribution in [2.24, 2.45) is 16.1 Å². The summed E-state index contributed by atoms with van der Waals surface area (Å²) in [5.74, 6) is 2.41. The van der Waals surface area contributed by atoms with Crippen LogP contribution in [-0.2, 0) is 4.79 Å². The Kier molecular flexibility index (Phi) is 6.07. The maximum absolute atomic E-state index is 12.6. The number of terminal acetylenes is 1. The van der Waals surface area contributed by atoms with Crippen LogP contribution >= 0.6 is 11.6 Å². The third-order valence-corrected chi connectivity index (χ3v) is 5.33. The van der Waals surface area contributed by atoms with E-state index >= 15 is 0 Å². The van der Waals surface area contributed by atoms with Gasteiger partial charge in [-0.1, -0.05) is 11.6 Å². The van der Waals surface area contributed by atoms with E-state index in [-0.39, 0.29) is 23.4 Å². The van der Waals surface area contributed by atoms with Crippen LogP contribution in [0.15, 0.2) is 28.7 Å². The molecule has 1 fully saturated rings. The molecule has 2 aliphatic heterocycles. The predicted octanol–water partition coefficient (Wildman–Crippen LogP) is 2.67. The molecule has 27 heavy (non-hydrogen) atoms. The number of nitrogens with one attached hydrogen (secondary N) is 1. The van der Waals surface area contributed by atoms with Crippen LogP contribution in [0.5, 0.6) is 0 Å². The van der Waals surface area contributed by atoms with E-state index in [4.69, 9.17) is 18.0 Å². The highest BCUT2D eigenvalue weighted by Crippen LogP contribution is 2.36. The highest BCUT2D eigenvalue weighted by Gasteiger charge is 2.39. The van der Waals surface area contributed by atoms with Crippen molar-refractivity contribution >= 4 is 23.4 Å². The Labute approximate surface area is 163 Å². The Balaban J connectivity index is 1.41. The lowest BCUT2D eigenvalue weighted by atomic mass is 9.95. The Morgan fingerprint density at radius 3 is 2.70 bits per heavy atom. The molecule has 3 heterocycles. The van der Waals surface area contributed by atoms with Crippen molar-refractivity contribution in [2.75, 3.05) is 19.6 Å². The highest BCUT2D eigenvalue weighted by molar-refractivity contribution is 6.33. The predicted molar refractivity (Wildman–Crippen MR) is 101 cm³/mol. The van der Waals surface area contributed by atoms with E-state index in [9.17, 15) is 9.59 Å². The second-order valence-electron chi connectivity index (χ2n) is 6.85. The first kappa shape index (κ1) is 19.3. The van der Waals surface area contributed by atoms with Gasteiger partial charge in [0.25, 0.3) is 5.91 Å². The van der Waals surface area contributed by atoms with E-state index in [1.165, 1.54) is 6.20 Å². The molecule has 1 saturated heterocycles. The number of halogens is 1. The lowest BCUT2D eigenvalue weighted by Gasteiger charge is -2.31. The summed E-state index contributed by atoms with van der Waals surface area (Å²) in [6.45, 7) is 1.60. The summed E-state index contributed by atoms with van der Waals surface area (Å²) < 4.78 is 0. The number of pyridine rings is 1. The van der Waals surface area contributed by atoms with Gasteiger partial charge in [0.15, 0.2) is 5.66 Å². The SMILES string of the molecule is C#CCCC1(CCNC(=O)C2CCN(C(=O)c3ccncc3Cl)CC2)N=N1. The van der Waals surface area contributed by atoms with Crippen molar-refractivity contribution in [3.05, 3.63) is 29.0 Å². The lowest BCUT2D eigenvalue weighted by molar-refractivity contribution is -0.126. The molecule has 2 amide bonds. The molecule has 8 heteroatoms. The molecule has 0 saturated carbocycles. The zero-order valence-electron chi connectivity index (χ0n) is 15.0. The maximum Gasteiger partial charge on any atom is 0.255 e. The molecule has 0 unspecified atom stereocenters. The fourth-order valence-corrected chi connectivity index (χ4v) is 3.46. The fraction of sp³-hybridized carbons (Fsp3) is 0.526. The Bertz CT molecular complexity index is 775. The molecule has 0 atom stereocenters. The summed E-state index contributed by atoms with van der Waals surface area (Å²) in [4.78, 5) is 30.6. The number of amides is 2. The first-order chi connectivity index (χ1) is 13.0. The molecule has 0 radical (unpaired) electrons. The van der Waals surface area contributed by atoms with Crippen LogP contribution in [0.25, 0.3) is 0 Å². The molecule has 0 spiro atoms. The zero-order valence-corrected chi connectivity index (χ0v) is 15.8. The van der Waals surface area contributed by atoms with Crippen LogP contribution < -0.4 is 5.32 Å². The molecular weight excluding hydrogens is 366 g/mol. The van der Waals surface area contributed by atoms with Gasteiger partial charge in [0, 0.05) is 57.2 Å². The van der Waals surface area contributed by atoms with Crippen LogP contribution in [0.2, 0.25) is 5.02 Å². The molecular formula is C19H22ClN5O2. The quantitative estimate of drug-likeness (QED) is 0.729. The average Bonchev–Trinajstić information content (AvgIpc) is 3.46. The number of piperidine rings is 1. The number of carbonyl (C=O) groups is 2. The first-order valence-electron chi connectivity index (χ1n) is 9.09. The summed E-state index contributed by atoms with van der Waals surface area (Å²) in [5.41, 5.74) is 0.0722. The largest absolute Gasteiger partial charge is 0.356 e. The number of carbonyl (C=O) groups excluding carboxylic acids is 2. The van der Waals surface area contributed by atoms with Crippen molar-refractivity contribution < 1.29 is 9.59 Å². The van der Waals surface area contributed by atoms with Crippen molar-refractivity contribution in [1.82, 2.24) is 15.2 Å². The van der Waals surface area contributed by atoms with Crippen LogP contribution in [0, 0.1) is 18.3 Å². The van der Waals surface area contributed by atoms with Gasteiger partial charge in [0.1, 0.15) is 0 Å². The zero-order chi connectivity index (χ0) is 19.3. The number of aromatic nitrogens is 1. The third kappa shape index (κ3) is 4.83. The van der Waals surface area contributed by atoms with Crippen molar-refractivity contribution in [2.45, 2.75) is 37.8 Å². The Morgan fingerprint density at radius 1 is 1.33 bits per heavy atom. The molecule has 2 aliphatic rings. The van der Waals surface area contributed by atoms with Gasteiger partial charge < -0.3 is 10.2 Å². The number of hydrogen-bond acceptors (Lipinski definition) is 5. The molecule has 1 aromatic rings. The van der Waals surface area contributed by atoms with Crippen molar-refractivity contribution in [3.63, 3.8) is 0 Å². The smallest absolute Gasteiger partial charge is 0.255 e. The Hall–Kier alpha value is -2.46. The van der Waals surface area contributed by atoms with Crippen LogP contribution in [0.1, 0.15) is 42.5 Å². The molecule has 142 valence electrons. The minimum Gasteiger partial charge on any atom is -0.356 e. The van der Waals surface area contributed by atoms with Crippen LogP contribution in [-0.4, -0.2) is 47.0 Å². The van der Waals surface area contributed by atoms with Gasteiger partial charge in [0.2, 0.25) is 5.91 Å². The molecule has 7 nitrogen and oxygen atoms in total.